The molecule has 6 nitrogen and oxygen atoms in total. The molecule has 2 aromatic carbocycles. The molecule has 0 bridgehead atoms. The third-order valence-electron chi connectivity index (χ3n) is 2.91. The maximum atomic E-state index is 12.3. The molecule has 3 N–H and O–H groups in total. The molecule has 0 fully saturated rings. The second-order valence-corrected chi connectivity index (χ2v) is 6.12. The number of fused-ring (bicyclic) bond motifs is 1. The van der Waals surface area contributed by atoms with Crippen LogP contribution in [0.25, 0.3) is 11.0 Å². The normalized spacial score (nSPS) is 11.4. The largest absolute Gasteiger partial charge is 0.399 e. The van der Waals surface area contributed by atoms with Crippen molar-refractivity contribution in [1.29, 1.82) is 0 Å². The average Bonchev–Trinajstić information content (AvgIpc) is 2.47. The molecular weight excluding hydrogens is 288 g/mol. The lowest BCUT2D eigenvalue weighted by atomic mass is 10.3. The first-order valence-electron chi connectivity index (χ1n) is 6.14. The van der Waals surface area contributed by atoms with Crippen LogP contribution in [0.1, 0.15) is 0 Å². The summed E-state index contributed by atoms with van der Waals surface area (Å²) in [6.07, 6.45) is 3.14. The molecule has 0 radical (unpaired) electrons. The van der Waals surface area contributed by atoms with Crippen LogP contribution in [0.5, 0.6) is 0 Å². The van der Waals surface area contributed by atoms with E-state index in [0.717, 1.165) is 0 Å². The summed E-state index contributed by atoms with van der Waals surface area (Å²) in [6, 6.07) is 11.0. The van der Waals surface area contributed by atoms with Gasteiger partial charge in [0.2, 0.25) is 0 Å². The fraction of sp³-hybridized carbons (Fsp3) is 0. The van der Waals surface area contributed by atoms with Crippen molar-refractivity contribution in [2.75, 3.05) is 10.5 Å². The monoisotopic (exact) mass is 300 g/mol. The Hall–Kier alpha value is -2.67. The molecule has 0 atom stereocenters. The number of hydrogen-bond donors (Lipinski definition) is 2. The van der Waals surface area contributed by atoms with Gasteiger partial charge >= 0.3 is 0 Å². The zero-order valence-electron chi connectivity index (χ0n) is 10.9. The molecule has 1 aromatic heterocycles. The Balaban J connectivity index is 1.95. The third kappa shape index (κ3) is 2.77. The minimum absolute atomic E-state index is 0.149. The van der Waals surface area contributed by atoms with Crippen molar-refractivity contribution in [2.24, 2.45) is 0 Å². The highest BCUT2D eigenvalue weighted by Crippen LogP contribution is 2.20. The number of nitrogens with zero attached hydrogens (tertiary/aromatic N) is 2. The van der Waals surface area contributed by atoms with Crippen LogP contribution in [0.3, 0.4) is 0 Å². The average molecular weight is 300 g/mol. The Morgan fingerprint density at radius 2 is 1.57 bits per heavy atom. The lowest BCUT2D eigenvalue weighted by Gasteiger charge is -2.08. The summed E-state index contributed by atoms with van der Waals surface area (Å²) in [4.78, 5) is 8.42. The van der Waals surface area contributed by atoms with Gasteiger partial charge in [-0.15, -0.1) is 0 Å². The first-order chi connectivity index (χ1) is 10.0. The van der Waals surface area contributed by atoms with Gasteiger partial charge in [0.25, 0.3) is 10.0 Å². The molecule has 0 amide bonds. The number of rotatable bonds is 3. The Labute approximate surface area is 121 Å². The first kappa shape index (κ1) is 13.3. The van der Waals surface area contributed by atoms with Crippen LogP contribution < -0.4 is 10.5 Å². The fourth-order valence-corrected chi connectivity index (χ4v) is 2.94. The molecule has 106 valence electrons. The lowest BCUT2D eigenvalue weighted by molar-refractivity contribution is 0.601. The molecule has 0 saturated heterocycles. The van der Waals surface area contributed by atoms with Crippen molar-refractivity contribution in [1.82, 2.24) is 9.97 Å². The number of nitrogens with two attached hydrogens (primary N) is 1. The maximum Gasteiger partial charge on any atom is 0.261 e. The smallest absolute Gasteiger partial charge is 0.261 e. The van der Waals surface area contributed by atoms with Crippen molar-refractivity contribution >= 4 is 32.4 Å². The minimum atomic E-state index is -3.65. The number of nitrogens with one attached hydrogen (secondary N) is 1. The number of aromatic nitrogens is 2. The van der Waals surface area contributed by atoms with Gasteiger partial charge < -0.3 is 5.73 Å². The van der Waals surface area contributed by atoms with Gasteiger partial charge in [0.1, 0.15) is 0 Å². The van der Waals surface area contributed by atoms with Gasteiger partial charge in [0, 0.05) is 18.1 Å². The Bertz CT molecular complexity index is 892. The first-order valence-corrected chi connectivity index (χ1v) is 7.62. The van der Waals surface area contributed by atoms with Gasteiger partial charge in [0.15, 0.2) is 0 Å². The molecule has 0 aliphatic heterocycles. The highest BCUT2D eigenvalue weighted by Gasteiger charge is 2.14. The molecule has 0 aliphatic rings. The predicted octanol–water partition coefficient (Wildman–Crippen LogP) is 2.01. The summed E-state index contributed by atoms with van der Waals surface area (Å²) in [5.41, 5.74) is 7.82. The van der Waals surface area contributed by atoms with Crippen molar-refractivity contribution in [3.8, 4) is 0 Å². The van der Waals surface area contributed by atoms with E-state index >= 15 is 0 Å². The van der Waals surface area contributed by atoms with E-state index in [-0.39, 0.29) is 4.90 Å². The molecule has 0 spiro atoms. The van der Waals surface area contributed by atoms with Crippen LogP contribution in [-0.2, 0) is 10.0 Å². The quantitative estimate of drug-likeness (QED) is 0.721. The van der Waals surface area contributed by atoms with Gasteiger partial charge in [-0.2, -0.15) is 0 Å². The molecular formula is C14H12N4O2S. The van der Waals surface area contributed by atoms with E-state index < -0.39 is 10.0 Å². The molecule has 21 heavy (non-hydrogen) atoms. The summed E-state index contributed by atoms with van der Waals surface area (Å²) in [7, 11) is -3.65. The molecule has 3 aromatic rings. The number of sulfonamides is 1. The summed E-state index contributed by atoms with van der Waals surface area (Å²) in [5, 5.41) is 0. The topological polar surface area (TPSA) is 98.0 Å². The highest BCUT2D eigenvalue weighted by atomic mass is 32.2. The van der Waals surface area contributed by atoms with Gasteiger partial charge in [-0.25, -0.2) is 8.42 Å². The summed E-state index contributed by atoms with van der Waals surface area (Å²) in [5.74, 6) is 0. The van der Waals surface area contributed by atoms with Gasteiger partial charge in [-0.05, 0) is 42.5 Å². The summed E-state index contributed by atoms with van der Waals surface area (Å²) in [6.45, 7) is 0. The van der Waals surface area contributed by atoms with E-state index in [2.05, 4.69) is 14.7 Å². The van der Waals surface area contributed by atoms with Crippen molar-refractivity contribution in [3.63, 3.8) is 0 Å². The highest BCUT2D eigenvalue weighted by molar-refractivity contribution is 7.92. The van der Waals surface area contributed by atoms with Crippen LogP contribution in [0.15, 0.2) is 59.8 Å². The van der Waals surface area contributed by atoms with E-state index in [4.69, 9.17) is 5.73 Å². The van der Waals surface area contributed by atoms with Gasteiger partial charge in [0.05, 0.1) is 21.6 Å². The number of anilines is 2. The molecule has 0 unspecified atom stereocenters. The molecule has 0 saturated carbocycles. The fourth-order valence-electron chi connectivity index (χ4n) is 1.89. The van der Waals surface area contributed by atoms with Crippen LogP contribution in [0, 0.1) is 0 Å². The third-order valence-corrected chi connectivity index (χ3v) is 4.31. The Morgan fingerprint density at radius 1 is 0.905 bits per heavy atom. The van der Waals surface area contributed by atoms with Crippen LogP contribution >= 0.6 is 0 Å². The number of nitrogen functional groups attached to an aromatic ring is 1. The molecule has 3 rings (SSSR count). The van der Waals surface area contributed by atoms with Crippen molar-refractivity contribution in [2.45, 2.75) is 4.90 Å². The zero-order valence-corrected chi connectivity index (χ0v) is 11.7. The summed E-state index contributed by atoms with van der Waals surface area (Å²) < 4.78 is 27.0. The van der Waals surface area contributed by atoms with E-state index in [1.165, 1.54) is 12.1 Å². The van der Waals surface area contributed by atoms with Crippen molar-refractivity contribution in [3.05, 3.63) is 54.9 Å². The maximum absolute atomic E-state index is 12.3. The van der Waals surface area contributed by atoms with Crippen molar-refractivity contribution < 1.29 is 8.42 Å². The van der Waals surface area contributed by atoms with Crippen LogP contribution in [0.2, 0.25) is 0 Å². The van der Waals surface area contributed by atoms with E-state index in [0.29, 0.717) is 22.4 Å². The van der Waals surface area contributed by atoms with E-state index in [1.807, 2.05) is 0 Å². The van der Waals surface area contributed by atoms with E-state index in [9.17, 15) is 8.42 Å². The SMILES string of the molecule is Nc1ccc(S(=O)(=O)Nc2ccc3nccnc3c2)cc1. The van der Waals surface area contributed by atoms with Gasteiger partial charge in [-0.1, -0.05) is 0 Å². The van der Waals surface area contributed by atoms with E-state index in [1.54, 1.807) is 42.7 Å². The summed E-state index contributed by atoms with van der Waals surface area (Å²) >= 11 is 0. The molecule has 7 heteroatoms. The van der Waals surface area contributed by atoms with Gasteiger partial charge in [-0.3, -0.25) is 14.7 Å². The second kappa shape index (κ2) is 5.02. The number of benzene rings is 2. The molecule has 0 aliphatic carbocycles. The Kier molecular flexibility index (Phi) is 3.19. The van der Waals surface area contributed by atoms with Crippen LogP contribution in [-0.4, -0.2) is 18.4 Å². The van der Waals surface area contributed by atoms with Crippen LogP contribution in [0.4, 0.5) is 11.4 Å². The molecule has 1 heterocycles. The predicted molar refractivity (Wildman–Crippen MR) is 81.2 cm³/mol. The lowest BCUT2D eigenvalue weighted by Crippen LogP contribution is -2.12. The number of hydrogen-bond acceptors (Lipinski definition) is 5. The standard InChI is InChI=1S/C14H12N4O2S/c15-10-1-4-12(5-2-10)21(19,20)18-11-3-6-13-14(9-11)17-8-7-16-13/h1-9,18H,15H2. The minimum Gasteiger partial charge on any atom is -0.399 e. The Morgan fingerprint density at radius 3 is 2.29 bits per heavy atom. The zero-order chi connectivity index (χ0) is 14.9. The second-order valence-electron chi connectivity index (χ2n) is 4.43.